The zero-order valence-corrected chi connectivity index (χ0v) is 10.3. The summed E-state index contributed by atoms with van der Waals surface area (Å²) in [6.07, 6.45) is 2.35. The van der Waals surface area contributed by atoms with E-state index in [4.69, 9.17) is 9.15 Å². The van der Waals surface area contributed by atoms with Gasteiger partial charge in [0.2, 0.25) is 0 Å². The van der Waals surface area contributed by atoms with E-state index in [-0.39, 0.29) is 6.04 Å². The average Bonchev–Trinajstić information content (AvgIpc) is 2.88. The summed E-state index contributed by atoms with van der Waals surface area (Å²) in [6.45, 7) is 7.23. The fourth-order valence-corrected chi connectivity index (χ4v) is 2.17. The molecule has 1 aliphatic rings. The Hall–Kier alpha value is -0.800. The highest BCUT2D eigenvalue weighted by Crippen LogP contribution is 2.21. The summed E-state index contributed by atoms with van der Waals surface area (Å²) in [4.78, 5) is 0. The third kappa shape index (κ3) is 2.47. The van der Waals surface area contributed by atoms with Crippen LogP contribution in [0.25, 0.3) is 0 Å². The first-order valence-corrected chi connectivity index (χ1v) is 6.17. The van der Waals surface area contributed by atoms with Crippen LogP contribution in [-0.4, -0.2) is 18.8 Å². The Morgan fingerprint density at radius 1 is 1.50 bits per heavy atom. The van der Waals surface area contributed by atoms with Gasteiger partial charge in [-0.1, -0.05) is 6.92 Å². The van der Waals surface area contributed by atoms with E-state index in [0.717, 1.165) is 31.0 Å². The molecule has 90 valence electrons. The summed E-state index contributed by atoms with van der Waals surface area (Å²) >= 11 is 0. The number of furan rings is 1. The van der Waals surface area contributed by atoms with E-state index in [1.807, 2.05) is 0 Å². The van der Waals surface area contributed by atoms with Crippen LogP contribution < -0.4 is 5.32 Å². The Balaban J connectivity index is 1.94. The van der Waals surface area contributed by atoms with Crippen molar-refractivity contribution < 1.29 is 9.15 Å². The van der Waals surface area contributed by atoms with Crippen LogP contribution in [0.5, 0.6) is 0 Å². The van der Waals surface area contributed by atoms with Crippen molar-refractivity contribution in [3.8, 4) is 0 Å². The monoisotopic (exact) mass is 223 g/mol. The van der Waals surface area contributed by atoms with Crippen molar-refractivity contribution in [3.63, 3.8) is 0 Å². The van der Waals surface area contributed by atoms with Gasteiger partial charge in [0.1, 0.15) is 11.5 Å². The van der Waals surface area contributed by atoms with Gasteiger partial charge in [-0.3, -0.25) is 0 Å². The van der Waals surface area contributed by atoms with Crippen LogP contribution in [0.1, 0.15) is 44.8 Å². The lowest BCUT2D eigenvalue weighted by atomic mass is 10.1. The van der Waals surface area contributed by atoms with Gasteiger partial charge in [0.25, 0.3) is 0 Å². The molecule has 1 N–H and O–H groups in total. The average molecular weight is 223 g/mol. The molecule has 1 fully saturated rings. The van der Waals surface area contributed by atoms with Crippen LogP contribution in [0.2, 0.25) is 0 Å². The standard InChI is InChI=1S/C13H21NO2/c1-4-11-5-6-13(16-11)9(2)14-12-7-8-15-10(12)3/h5-6,9-10,12,14H,4,7-8H2,1-3H3. The topological polar surface area (TPSA) is 34.4 Å². The molecule has 16 heavy (non-hydrogen) atoms. The van der Waals surface area contributed by atoms with E-state index in [0.29, 0.717) is 12.1 Å². The molecule has 1 aromatic heterocycles. The highest BCUT2D eigenvalue weighted by Gasteiger charge is 2.26. The molecule has 0 saturated carbocycles. The maximum absolute atomic E-state index is 5.74. The van der Waals surface area contributed by atoms with Gasteiger partial charge in [0, 0.05) is 19.1 Å². The summed E-state index contributed by atoms with van der Waals surface area (Å²) in [5.41, 5.74) is 0. The number of hydrogen-bond acceptors (Lipinski definition) is 3. The number of rotatable bonds is 4. The first-order valence-electron chi connectivity index (χ1n) is 6.17. The first kappa shape index (κ1) is 11.7. The van der Waals surface area contributed by atoms with Gasteiger partial charge >= 0.3 is 0 Å². The Bertz CT molecular complexity index is 334. The molecule has 3 atom stereocenters. The number of ether oxygens (including phenoxy) is 1. The molecular weight excluding hydrogens is 202 g/mol. The van der Waals surface area contributed by atoms with Gasteiger partial charge in [0.05, 0.1) is 12.1 Å². The lowest BCUT2D eigenvalue weighted by Gasteiger charge is -2.20. The summed E-state index contributed by atoms with van der Waals surface area (Å²) < 4.78 is 11.3. The molecular formula is C13H21NO2. The Morgan fingerprint density at radius 3 is 2.88 bits per heavy atom. The van der Waals surface area contributed by atoms with E-state index in [1.54, 1.807) is 0 Å². The molecule has 0 bridgehead atoms. The van der Waals surface area contributed by atoms with Gasteiger partial charge in [-0.05, 0) is 32.4 Å². The van der Waals surface area contributed by atoms with Crippen LogP contribution in [0, 0.1) is 0 Å². The molecule has 0 amide bonds. The fraction of sp³-hybridized carbons (Fsp3) is 0.692. The van der Waals surface area contributed by atoms with Crippen molar-refractivity contribution in [2.75, 3.05) is 6.61 Å². The van der Waals surface area contributed by atoms with Crippen molar-refractivity contribution >= 4 is 0 Å². The van der Waals surface area contributed by atoms with Crippen LogP contribution in [0.3, 0.4) is 0 Å². The maximum atomic E-state index is 5.74. The normalized spacial score (nSPS) is 27.2. The Labute approximate surface area is 97.2 Å². The lowest BCUT2D eigenvalue weighted by molar-refractivity contribution is 0.110. The largest absolute Gasteiger partial charge is 0.464 e. The maximum Gasteiger partial charge on any atom is 0.120 e. The molecule has 3 nitrogen and oxygen atoms in total. The van der Waals surface area contributed by atoms with Crippen molar-refractivity contribution in [2.24, 2.45) is 0 Å². The van der Waals surface area contributed by atoms with Gasteiger partial charge in [-0.25, -0.2) is 0 Å². The minimum absolute atomic E-state index is 0.259. The molecule has 3 unspecified atom stereocenters. The summed E-state index contributed by atoms with van der Waals surface area (Å²) in [6, 6.07) is 4.83. The van der Waals surface area contributed by atoms with Crippen LogP contribution in [0.4, 0.5) is 0 Å². The molecule has 2 heterocycles. The third-order valence-corrected chi connectivity index (χ3v) is 3.30. The predicted octanol–water partition coefficient (Wildman–Crippen LogP) is 2.67. The van der Waals surface area contributed by atoms with Crippen molar-refractivity contribution in [1.29, 1.82) is 0 Å². The summed E-state index contributed by atoms with van der Waals surface area (Å²) in [5.74, 6) is 2.08. The predicted molar refractivity (Wildman–Crippen MR) is 63.5 cm³/mol. The number of nitrogens with one attached hydrogen (secondary N) is 1. The Kier molecular flexibility index (Phi) is 3.66. The Morgan fingerprint density at radius 2 is 2.31 bits per heavy atom. The van der Waals surface area contributed by atoms with E-state index in [2.05, 4.69) is 38.2 Å². The van der Waals surface area contributed by atoms with E-state index < -0.39 is 0 Å². The van der Waals surface area contributed by atoms with E-state index in [9.17, 15) is 0 Å². The molecule has 0 aliphatic carbocycles. The smallest absolute Gasteiger partial charge is 0.120 e. The minimum Gasteiger partial charge on any atom is -0.464 e. The van der Waals surface area contributed by atoms with Gasteiger partial charge in [0.15, 0.2) is 0 Å². The number of aryl methyl sites for hydroxylation is 1. The van der Waals surface area contributed by atoms with Crippen molar-refractivity contribution in [3.05, 3.63) is 23.7 Å². The molecule has 1 aliphatic heterocycles. The summed E-state index contributed by atoms with van der Waals surface area (Å²) in [7, 11) is 0. The molecule has 0 spiro atoms. The van der Waals surface area contributed by atoms with Crippen molar-refractivity contribution in [2.45, 2.75) is 51.8 Å². The second-order valence-corrected chi connectivity index (χ2v) is 4.52. The molecule has 0 radical (unpaired) electrons. The molecule has 0 aromatic carbocycles. The van der Waals surface area contributed by atoms with Crippen LogP contribution >= 0.6 is 0 Å². The highest BCUT2D eigenvalue weighted by molar-refractivity contribution is 5.10. The molecule has 1 aromatic rings. The quantitative estimate of drug-likeness (QED) is 0.852. The van der Waals surface area contributed by atoms with Gasteiger partial charge < -0.3 is 14.5 Å². The second-order valence-electron chi connectivity index (χ2n) is 4.52. The zero-order chi connectivity index (χ0) is 11.5. The zero-order valence-electron chi connectivity index (χ0n) is 10.3. The molecule has 2 rings (SSSR count). The van der Waals surface area contributed by atoms with E-state index >= 15 is 0 Å². The minimum atomic E-state index is 0.259. The van der Waals surface area contributed by atoms with Crippen LogP contribution in [-0.2, 0) is 11.2 Å². The second kappa shape index (κ2) is 5.02. The summed E-state index contributed by atoms with van der Waals surface area (Å²) in [5, 5.41) is 3.56. The molecule has 1 saturated heterocycles. The first-order chi connectivity index (χ1) is 7.70. The van der Waals surface area contributed by atoms with Crippen LogP contribution in [0.15, 0.2) is 16.5 Å². The van der Waals surface area contributed by atoms with E-state index in [1.165, 1.54) is 0 Å². The molecule has 3 heteroatoms. The lowest BCUT2D eigenvalue weighted by Crippen LogP contribution is -2.36. The fourth-order valence-electron chi connectivity index (χ4n) is 2.17. The van der Waals surface area contributed by atoms with Gasteiger partial charge in [-0.2, -0.15) is 0 Å². The third-order valence-electron chi connectivity index (χ3n) is 3.30. The van der Waals surface area contributed by atoms with Gasteiger partial charge in [-0.15, -0.1) is 0 Å². The van der Waals surface area contributed by atoms with Crippen molar-refractivity contribution in [1.82, 2.24) is 5.32 Å². The SMILES string of the molecule is CCc1ccc(C(C)NC2CCOC2C)o1. The number of hydrogen-bond donors (Lipinski definition) is 1. The highest BCUT2D eigenvalue weighted by atomic mass is 16.5.